The monoisotopic (exact) mass is 338 g/mol. The average molecular weight is 338 g/mol. The van der Waals surface area contributed by atoms with Crippen LogP contribution in [0, 0.1) is 12.8 Å². The summed E-state index contributed by atoms with van der Waals surface area (Å²) in [6, 6.07) is 10.7. The molecule has 0 bridgehead atoms. The summed E-state index contributed by atoms with van der Waals surface area (Å²) in [5.74, 6) is 0.661. The molecule has 1 aromatic carbocycles. The number of rotatable bonds is 5. The van der Waals surface area contributed by atoms with Gasteiger partial charge in [-0.3, -0.25) is 9.59 Å². The van der Waals surface area contributed by atoms with E-state index in [1.54, 1.807) is 19.1 Å². The van der Waals surface area contributed by atoms with Gasteiger partial charge in [-0.1, -0.05) is 26.0 Å². The van der Waals surface area contributed by atoms with Gasteiger partial charge in [-0.15, -0.1) is 0 Å². The summed E-state index contributed by atoms with van der Waals surface area (Å²) in [4.78, 5) is 35.1. The van der Waals surface area contributed by atoms with Crippen LogP contribution in [0.5, 0.6) is 0 Å². The highest BCUT2D eigenvalue weighted by molar-refractivity contribution is 5.94. The minimum Gasteiger partial charge on any atom is -0.342 e. The number of imidazole rings is 1. The molecule has 130 valence electrons. The number of carbonyl (C=O) groups is 1. The van der Waals surface area contributed by atoms with E-state index in [0.717, 1.165) is 23.1 Å². The standard InChI is InChI=1S/C19H22N4O2/c1-11(2)10-16(17-21-14-6-4-5-7-15(14)22-17)23-19(25)13-9-8-12(3)20-18(13)24/h4-9,11,16H,10H2,1-3H3,(H,20,24)(H,21,22)(H,23,25)/t16-/m1/s1. The molecule has 6 heteroatoms. The molecule has 3 N–H and O–H groups in total. The van der Waals surface area contributed by atoms with Gasteiger partial charge >= 0.3 is 0 Å². The molecule has 2 aromatic heterocycles. The smallest absolute Gasteiger partial charge is 0.260 e. The van der Waals surface area contributed by atoms with Crippen molar-refractivity contribution in [3.05, 3.63) is 63.8 Å². The molecule has 0 aliphatic heterocycles. The third-order valence-electron chi connectivity index (χ3n) is 4.05. The van der Waals surface area contributed by atoms with Gasteiger partial charge in [-0.05, 0) is 43.5 Å². The zero-order valence-corrected chi connectivity index (χ0v) is 14.6. The highest BCUT2D eigenvalue weighted by Crippen LogP contribution is 2.22. The minimum atomic E-state index is -0.396. The van der Waals surface area contributed by atoms with E-state index in [9.17, 15) is 9.59 Å². The molecule has 0 spiro atoms. The molecule has 0 fully saturated rings. The highest BCUT2D eigenvalue weighted by Gasteiger charge is 2.21. The Morgan fingerprint density at radius 3 is 2.60 bits per heavy atom. The Bertz CT molecular complexity index is 922. The van der Waals surface area contributed by atoms with Crippen molar-refractivity contribution in [2.45, 2.75) is 33.2 Å². The number of hydrogen-bond acceptors (Lipinski definition) is 3. The molecular formula is C19H22N4O2. The van der Waals surface area contributed by atoms with Crippen molar-refractivity contribution >= 4 is 16.9 Å². The van der Waals surface area contributed by atoms with E-state index in [-0.39, 0.29) is 17.2 Å². The maximum atomic E-state index is 12.6. The van der Waals surface area contributed by atoms with Crippen LogP contribution < -0.4 is 10.9 Å². The predicted octanol–water partition coefficient (Wildman–Crippen LogP) is 3.08. The second-order valence-corrected chi connectivity index (χ2v) is 6.68. The van der Waals surface area contributed by atoms with Gasteiger partial charge in [-0.2, -0.15) is 0 Å². The second-order valence-electron chi connectivity index (χ2n) is 6.68. The number of fused-ring (bicyclic) bond motifs is 1. The molecule has 0 aliphatic carbocycles. The molecule has 0 radical (unpaired) electrons. The van der Waals surface area contributed by atoms with Gasteiger partial charge in [0.25, 0.3) is 11.5 Å². The lowest BCUT2D eigenvalue weighted by Crippen LogP contribution is -2.34. The molecule has 0 saturated heterocycles. The Labute approximate surface area is 145 Å². The fraction of sp³-hybridized carbons (Fsp3) is 0.316. The molecule has 3 rings (SSSR count). The van der Waals surface area contributed by atoms with Crippen LogP contribution in [0.15, 0.2) is 41.2 Å². The lowest BCUT2D eigenvalue weighted by atomic mass is 10.0. The molecular weight excluding hydrogens is 316 g/mol. The molecule has 6 nitrogen and oxygen atoms in total. The van der Waals surface area contributed by atoms with E-state index < -0.39 is 5.91 Å². The lowest BCUT2D eigenvalue weighted by Gasteiger charge is -2.18. The molecule has 0 saturated carbocycles. The number of aryl methyl sites for hydroxylation is 1. The van der Waals surface area contributed by atoms with Crippen LogP contribution in [-0.2, 0) is 0 Å². The second kappa shape index (κ2) is 6.93. The summed E-state index contributed by atoms with van der Waals surface area (Å²) < 4.78 is 0. The molecule has 0 unspecified atom stereocenters. The number of aromatic amines is 2. The van der Waals surface area contributed by atoms with E-state index in [1.165, 1.54) is 0 Å². The highest BCUT2D eigenvalue weighted by atomic mass is 16.2. The number of H-pyrrole nitrogens is 2. The molecule has 0 aliphatic rings. The Morgan fingerprint density at radius 2 is 1.92 bits per heavy atom. The van der Waals surface area contributed by atoms with Crippen molar-refractivity contribution in [1.29, 1.82) is 0 Å². The first-order chi connectivity index (χ1) is 11.9. The fourth-order valence-corrected chi connectivity index (χ4v) is 2.83. The Morgan fingerprint density at radius 1 is 1.16 bits per heavy atom. The van der Waals surface area contributed by atoms with Crippen LogP contribution in [0.2, 0.25) is 0 Å². The van der Waals surface area contributed by atoms with Crippen molar-refractivity contribution in [2.75, 3.05) is 0 Å². The number of nitrogens with one attached hydrogen (secondary N) is 3. The number of nitrogens with zero attached hydrogens (tertiary/aromatic N) is 1. The van der Waals surface area contributed by atoms with Crippen LogP contribution in [-0.4, -0.2) is 20.9 Å². The summed E-state index contributed by atoms with van der Waals surface area (Å²) >= 11 is 0. The molecule has 3 aromatic rings. The van der Waals surface area contributed by atoms with Gasteiger partial charge in [0.15, 0.2) is 0 Å². The quantitative estimate of drug-likeness (QED) is 0.668. The van der Waals surface area contributed by atoms with Crippen molar-refractivity contribution in [1.82, 2.24) is 20.3 Å². The van der Waals surface area contributed by atoms with Gasteiger partial charge in [0.2, 0.25) is 0 Å². The molecule has 25 heavy (non-hydrogen) atoms. The molecule has 2 heterocycles. The van der Waals surface area contributed by atoms with Crippen molar-refractivity contribution < 1.29 is 4.79 Å². The fourth-order valence-electron chi connectivity index (χ4n) is 2.83. The van der Waals surface area contributed by atoms with Gasteiger partial charge in [0.05, 0.1) is 17.1 Å². The first-order valence-electron chi connectivity index (χ1n) is 8.39. The molecule has 1 atom stereocenters. The largest absolute Gasteiger partial charge is 0.342 e. The SMILES string of the molecule is Cc1ccc(C(=O)N[C@H](CC(C)C)c2nc3ccccc3[nH]2)c(=O)[nH]1. The van der Waals surface area contributed by atoms with E-state index >= 15 is 0 Å². The van der Waals surface area contributed by atoms with E-state index in [4.69, 9.17) is 0 Å². The zero-order chi connectivity index (χ0) is 18.0. The topological polar surface area (TPSA) is 90.6 Å². The van der Waals surface area contributed by atoms with Gasteiger partial charge in [-0.25, -0.2) is 4.98 Å². The third-order valence-corrected chi connectivity index (χ3v) is 4.05. The van der Waals surface area contributed by atoms with E-state index in [0.29, 0.717) is 11.7 Å². The number of amides is 1. The van der Waals surface area contributed by atoms with Crippen molar-refractivity contribution in [3.8, 4) is 0 Å². The number of pyridine rings is 1. The Balaban J connectivity index is 1.90. The molecule has 1 amide bonds. The van der Waals surface area contributed by atoms with Gasteiger partial charge < -0.3 is 15.3 Å². The van der Waals surface area contributed by atoms with Crippen LogP contribution in [0.1, 0.15) is 48.2 Å². The number of carbonyl (C=O) groups excluding carboxylic acids is 1. The van der Waals surface area contributed by atoms with Crippen molar-refractivity contribution in [3.63, 3.8) is 0 Å². The zero-order valence-electron chi connectivity index (χ0n) is 14.6. The number of aromatic nitrogens is 3. The number of hydrogen-bond donors (Lipinski definition) is 3. The van der Waals surface area contributed by atoms with Gasteiger partial charge in [0, 0.05) is 5.69 Å². The number of para-hydroxylation sites is 2. The lowest BCUT2D eigenvalue weighted by molar-refractivity contribution is 0.0928. The summed E-state index contributed by atoms with van der Waals surface area (Å²) in [6.45, 7) is 5.94. The summed E-state index contributed by atoms with van der Waals surface area (Å²) in [7, 11) is 0. The Kier molecular flexibility index (Phi) is 4.70. The summed E-state index contributed by atoms with van der Waals surface area (Å²) in [6.07, 6.45) is 0.718. The maximum absolute atomic E-state index is 12.6. The van der Waals surface area contributed by atoms with Crippen molar-refractivity contribution in [2.24, 2.45) is 5.92 Å². The summed E-state index contributed by atoms with van der Waals surface area (Å²) in [5.41, 5.74) is 2.22. The van der Waals surface area contributed by atoms with E-state index in [2.05, 4.69) is 34.1 Å². The van der Waals surface area contributed by atoms with Crippen LogP contribution in [0.25, 0.3) is 11.0 Å². The first-order valence-corrected chi connectivity index (χ1v) is 8.39. The van der Waals surface area contributed by atoms with Gasteiger partial charge in [0.1, 0.15) is 11.4 Å². The van der Waals surface area contributed by atoms with Crippen LogP contribution in [0.4, 0.5) is 0 Å². The maximum Gasteiger partial charge on any atom is 0.260 e. The summed E-state index contributed by atoms with van der Waals surface area (Å²) in [5, 5.41) is 2.95. The third kappa shape index (κ3) is 3.79. The normalized spacial score (nSPS) is 12.5. The van der Waals surface area contributed by atoms with Crippen LogP contribution in [0.3, 0.4) is 0 Å². The number of benzene rings is 1. The predicted molar refractivity (Wildman–Crippen MR) is 97.6 cm³/mol. The Hall–Kier alpha value is -2.89. The van der Waals surface area contributed by atoms with E-state index in [1.807, 2.05) is 24.3 Å². The van der Waals surface area contributed by atoms with Crippen LogP contribution >= 0.6 is 0 Å². The first kappa shape index (κ1) is 17.0. The average Bonchev–Trinajstić information content (AvgIpc) is 2.97. The minimum absolute atomic E-state index is 0.107.